The Hall–Kier alpha value is -1.89. The number of hydrogen-bond donors (Lipinski definition) is 0. The lowest BCUT2D eigenvalue weighted by Crippen LogP contribution is -2.48. The molecule has 2 aromatic rings. The molecule has 0 bridgehead atoms. The Kier molecular flexibility index (Phi) is 3.92. The Balaban J connectivity index is 1.71. The minimum Gasteiger partial charge on any atom is -0.450 e. The summed E-state index contributed by atoms with van der Waals surface area (Å²) in [6.45, 7) is 4.73. The third-order valence-corrected chi connectivity index (χ3v) is 4.52. The van der Waals surface area contributed by atoms with Crippen LogP contribution >= 0.6 is 11.3 Å². The topological polar surface area (TPSA) is 45.7 Å². The monoisotopic (exact) mass is 309 g/mol. The van der Waals surface area contributed by atoms with Crippen LogP contribution in [0.5, 0.6) is 0 Å². The number of benzene rings is 1. The van der Waals surface area contributed by atoms with Crippen LogP contribution in [0.1, 0.15) is 6.92 Å². The second kappa shape index (κ2) is 5.85. The smallest absolute Gasteiger partial charge is 0.409 e. The molecule has 112 valence electrons. The first-order chi connectivity index (χ1) is 10.2. The summed E-state index contributed by atoms with van der Waals surface area (Å²) in [5, 5.41) is 0.804. The van der Waals surface area contributed by atoms with Crippen molar-refractivity contribution >= 4 is 32.8 Å². The van der Waals surface area contributed by atoms with Crippen LogP contribution in [0.15, 0.2) is 18.2 Å². The first-order valence-electron chi connectivity index (χ1n) is 6.90. The summed E-state index contributed by atoms with van der Waals surface area (Å²) in [6.07, 6.45) is -0.271. The van der Waals surface area contributed by atoms with Crippen LogP contribution in [0, 0.1) is 5.82 Å². The normalized spacial score (nSPS) is 15.5. The van der Waals surface area contributed by atoms with Crippen molar-refractivity contribution in [3.8, 4) is 0 Å². The number of aromatic nitrogens is 1. The minimum absolute atomic E-state index is 0.271. The number of amides is 1. The molecule has 21 heavy (non-hydrogen) atoms. The second-order valence-corrected chi connectivity index (χ2v) is 5.77. The molecule has 1 fully saturated rings. The Morgan fingerprint density at radius 3 is 2.81 bits per heavy atom. The fourth-order valence-corrected chi connectivity index (χ4v) is 3.37. The van der Waals surface area contributed by atoms with Gasteiger partial charge in [0.2, 0.25) is 0 Å². The number of carbonyl (C=O) groups is 1. The zero-order valence-electron chi connectivity index (χ0n) is 11.7. The van der Waals surface area contributed by atoms with E-state index >= 15 is 0 Å². The Labute approximate surface area is 125 Å². The highest BCUT2D eigenvalue weighted by molar-refractivity contribution is 7.22. The summed E-state index contributed by atoms with van der Waals surface area (Å²) in [5.74, 6) is -0.292. The van der Waals surface area contributed by atoms with Crippen molar-refractivity contribution in [2.24, 2.45) is 0 Å². The quantitative estimate of drug-likeness (QED) is 0.856. The number of para-hydroxylation sites is 1. The third-order valence-electron chi connectivity index (χ3n) is 3.43. The Morgan fingerprint density at radius 1 is 1.38 bits per heavy atom. The molecule has 0 unspecified atom stereocenters. The van der Waals surface area contributed by atoms with E-state index < -0.39 is 0 Å². The van der Waals surface area contributed by atoms with Gasteiger partial charge in [0.25, 0.3) is 0 Å². The van der Waals surface area contributed by atoms with Crippen molar-refractivity contribution in [3.05, 3.63) is 24.0 Å². The maximum atomic E-state index is 13.7. The van der Waals surface area contributed by atoms with Gasteiger partial charge in [-0.15, -0.1) is 0 Å². The van der Waals surface area contributed by atoms with Gasteiger partial charge in [-0.1, -0.05) is 17.4 Å². The molecule has 0 spiro atoms. The molecule has 0 N–H and O–H groups in total. The minimum atomic E-state index is -0.292. The van der Waals surface area contributed by atoms with Gasteiger partial charge in [0.15, 0.2) is 5.13 Å². The molecule has 0 atom stereocenters. The second-order valence-electron chi connectivity index (χ2n) is 4.76. The average Bonchev–Trinajstić information content (AvgIpc) is 2.93. The largest absolute Gasteiger partial charge is 0.450 e. The van der Waals surface area contributed by atoms with E-state index in [4.69, 9.17) is 4.74 Å². The lowest BCUT2D eigenvalue weighted by atomic mass is 10.3. The van der Waals surface area contributed by atoms with E-state index in [2.05, 4.69) is 9.88 Å². The zero-order valence-corrected chi connectivity index (χ0v) is 12.5. The third kappa shape index (κ3) is 2.78. The van der Waals surface area contributed by atoms with Gasteiger partial charge in [-0.05, 0) is 19.1 Å². The van der Waals surface area contributed by atoms with Gasteiger partial charge in [-0.25, -0.2) is 14.2 Å². The van der Waals surface area contributed by atoms with E-state index in [1.165, 1.54) is 17.4 Å². The summed E-state index contributed by atoms with van der Waals surface area (Å²) in [4.78, 5) is 19.8. The molecule has 5 nitrogen and oxygen atoms in total. The Bertz CT molecular complexity index is 653. The van der Waals surface area contributed by atoms with E-state index in [1.54, 1.807) is 17.9 Å². The van der Waals surface area contributed by atoms with Crippen LogP contribution < -0.4 is 4.90 Å². The first kappa shape index (κ1) is 14.1. The maximum absolute atomic E-state index is 13.7. The molecule has 1 aromatic carbocycles. The fraction of sp³-hybridized carbons (Fsp3) is 0.429. The van der Waals surface area contributed by atoms with Gasteiger partial charge in [0, 0.05) is 26.2 Å². The highest BCUT2D eigenvalue weighted by atomic mass is 32.1. The number of ether oxygens (including phenoxy) is 1. The summed E-state index contributed by atoms with van der Waals surface area (Å²) in [5.41, 5.74) is 0.422. The fourth-order valence-electron chi connectivity index (χ4n) is 2.33. The zero-order chi connectivity index (χ0) is 14.8. The van der Waals surface area contributed by atoms with Gasteiger partial charge < -0.3 is 14.5 Å². The summed E-state index contributed by atoms with van der Waals surface area (Å²) < 4.78 is 19.5. The molecular weight excluding hydrogens is 293 g/mol. The van der Waals surface area contributed by atoms with Crippen LogP contribution in [0.25, 0.3) is 10.2 Å². The van der Waals surface area contributed by atoms with Crippen molar-refractivity contribution in [2.45, 2.75) is 6.92 Å². The number of thiazole rings is 1. The summed E-state index contributed by atoms with van der Waals surface area (Å²) in [7, 11) is 0. The SMILES string of the molecule is CCOC(=O)N1CCN(c2nc3c(F)cccc3s2)CC1. The molecular formula is C14H16FN3O2S. The van der Waals surface area contributed by atoms with E-state index in [-0.39, 0.29) is 11.9 Å². The van der Waals surface area contributed by atoms with Crippen LogP contribution in [0.4, 0.5) is 14.3 Å². The van der Waals surface area contributed by atoms with Gasteiger partial charge in [-0.2, -0.15) is 0 Å². The standard InChI is InChI=1S/C14H16FN3O2S/c1-2-20-14(19)18-8-6-17(7-9-18)13-16-12-10(15)4-3-5-11(12)21-13/h3-5H,2,6-9H2,1H3. The lowest BCUT2D eigenvalue weighted by Gasteiger charge is -2.33. The predicted octanol–water partition coefficient (Wildman–Crippen LogP) is 2.71. The van der Waals surface area contributed by atoms with E-state index in [9.17, 15) is 9.18 Å². The van der Waals surface area contributed by atoms with Crippen molar-refractivity contribution < 1.29 is 13.9 Å². The van der Waals surface area contributed by atoms with E-state index in [1.807, 2.05) is 6.07 Å². The number of halogens is 1. The maximum Gasteiger partial charge on any atom is 0.409 e. The average molecular weight is 309 g/mol. The van der Waals surface area contributed by atoms with Gasteiger partial charge in [-0.3, -0.25) is 0 Å². The Morgan fingerprint density at radius 2 is 2.14 bits per heavy atom. The van der Waals surface area contributed by atoms with Crippen LogP contribution in [-0.4, -0.2) is 48.8 Å². The molecule has 7 heteroatoms. The number of carbonyl (C=O) groups excluding carboxylic acids is 1. The number of piperazine rings is 1. The molecule has 1 amide bonds. The van der Waals surface area contributed by atoms with Crippen molar-refractivity contribution in [1.29, 1.82) is 0 Å². The van der Waals surface area contributed by atoms with E-state index in [0.717, 1.165) is 9.83 Å². The van der Waals surface area contributed by atoms with Gasteiger partial charge in [0.1, 0.15) is 11.3 Å². The van der Waals surface area contributed by atoms with E-state index in [0.29, 0.717) is 38.3 Å². The molecule has 1 aromatic heterocycles. The van der Waals surface area contributed by atoms with Crippen molar-refractivity contribution in [1.82, 2.24) is 9.88 Å². The van der Waals surface area contributed by atoms with Gasteiger partial charge >= 0.3 is 6.09 Å². The number of nitrogens with zero attached hydrogens (tertiary/aromatic N) is 3. The highest BCUT2D eigenvalue weighted by Gasteiger charge is 2.24. The van der Waals surface area contributed by atoms with Crippen LogP contribution in [0.2, 0.25) is 0 Å². The first-order valence-corrected chi connectivity index (χ1v) is 7.72. The molecule has 0 saturated carbocycles. The van der Waals surface area contributed by atoms with Gasteiger partial charge in [0.05, 0.1) is 11.3 Å². The van der Waals surface area contributed by atoms with Crippen LogP contribution in [-0.2, 0) is 4.74 Å². The molecule has 1 saturated heterocycles. The molecule has 1 aliphatic heterocycles. The molecule has 0 aliphatic carbocycles. The highest BCUT2D eigenvalue weighted by Crippen LogP contribution is 2.30. The van der Waals surface area contributed by atoms with Crippen molar-refractivity contribution in [2.75, 3.05) is 37.7 Å². The number of anilines is 1. The summed E-state index contributed by atoms with van der Waals surface area (Å²) >= 11 is 1.48. The van der Waals surface area contributed by atoms with Crippen LogP contribution in [0.3, 0.4) is 0 Å². The molecule has 0 radical (unpaired) electrons. The molecule has 1 aliphatic rings. The molecule has 2 heterocycles. The lowest BCUT2D eigenvalue weighted by molar-refractivity contribution is 0.105. The number of hydrogen-bond acceptors (Lipinski definition) is 5. The van der Waals surface area contributed by atoms with Crippen molar-refractivity contribution in [3.63, 3.8) is 0 Å². The number of rotatable bonds is 2. The number of fused-ring (bicyclic) bond motifs is 1. The predicted molar refractivity (Wildman–Crippen MR) is 80.4 cm³/mol. The summed E-state index contributed by atoms with van der Waals surface area (Å²) in [6, 6.07) is 4.98. The molecule has 3 rings (SSSR count).